The molecule has 1 N–H and O–H groups in total. The summed E-state index contributed by atoms with van der Waals surface area (Å²) in [5.74, 6) is 0.742. The van der Waals surface area contributed by atoms with Crippen molar-refractivity contribution in [2.75, 3.05) is 0 Å². The molecule has 2 rings (SSSR count). The fourth-order valence-electron chi connectivity index (χ4n) is 1.58. The van der Waals surface area contributed by atoms with Gasteiger partial charge in [0.25, 0.3) is 0 Å². The van der Waals surface area contributed by atoms with Crippen LogP contribution < -0.4 is 4.74 Å². The van der Waals surface area contributed by atoms with Crippen molar-refractivity contribution >= 4 is 52.0 Å². The smallest absolute Gasteiger partial charge is 0.133 e. The Labute approximate surface area is 140 Å². The second kappa shape index (κ2) is 7.15. The quantitative estimate of drug-likeness (QED) is 0.327. The Hall–Kier alpha value is -0.980. The fraction of sp³-hybridized carbons (Fsp3) is 0.0714. The van der Waals surface area contributed by atoms with Gasteiger partial charge in [-0.3, -0.25) is 0 Å². The zero-order valence-electron chi connectivity index (χ0n) is 10.2. The normalized spacial score (nSPS) is 10.9. The van der Waals surface area contributed by atoms with Crippen LogP contribution in [0, 0.1) is 3.57 Å². The second-order valence-electron chi connectivity index (χ2n) is 3.96. The first kappa shape index (κ1) is 15.4. The molecule has 0 bridgehead atoms. The predicted octanol–water partition coefficient (Wildman–Crippen LogP) is 4.99. The Morgan fingerprint density at radius 3 is 2.65 bits per heavy atom. The SMILES string of the molecule is O/N=C\c1ccc(OCc2ccc(Cl)cc2Cl)c(I)c1. The van der Waals surface area contributed by atoms with E-state index in [1.807, 2.05) is 18.2 Å². The predicted molar refractivity (Wildman–Crippen MR) is 89.3 cm³/mol. The van der Waals surface area contributed by atoms with Gasteiger partial charge in [0.2, 0.25) is 0 Å². The van der Waals surface area contributed by atoms with Crippen molar-refractivity contribution in [3.8, 4) is 5.75 Å². The maximum absolute atomic E-state index is 8.50. The summed E-state index contributed by atoms with van der Waals surface area (Å²) in [4.78, 5) is 0. The van der Waals surface area contributed by atoms with Gasteiger partial charge in [0.1, 0.15) is 12.4 Å². The lowest BCUT2D eigenvalue weighted by molar-refractivity contribution is 0.304. The van der Waals surface area contributed by atoms with Crippen LogP contribution in [0.1, 0.15) is 11.1 Å². The number of ether oxygens (including phenoxy) is 1. The van der Waals surface area contributed by atoms with Crippen molar-refractivity contribution in [2.24, 2.45) is 5.16 Å². The number of rotatable bonds is 4. The topological polar surface area (TPSA) is 41.8 Å². The molecule has 0 fully saturated rings. The molecule has 0 aliphatic heterocycles. The van der Waals surface area contributed by atoms with Crippen molar-refractivity contribution in [3.05, 3.63) is 61.1 Å². The summed E-state index contributed by atoms with van der Waals surface area (Å²) >= 11 is 14.1. The molecule has 104 valence electrons. The van der Waals surface area contributed by atoms with Crippen LogP contribution in [0.2, 0.25) is 10.0 Å². The van der Waals surface area contributed by atoms with E-state index < -0.39 is 0 Å². The second-order valence-corrected chi connectivity index (χ2v) is 5.96. The molecule has 0 unspecified atom stereocenters. The molecule has 0 spiro atoms. The van der Waals surface area contributed by atoms with E-state index in [1.54, 1.807) is 18.2 Å². The lowest BCUT2D eigenvalue weighted by Gasteiger charge is -2.10. The molecular weight excluding hydrogens is 412 g/mol. The lowest BCUT2D eigenvalue weighted by atomic mass is 10.2. The average molecular weight is 422 g/mol. The van der Waals surface area contributed by atoms with Gasteiger partial charge < -0.3 is 9.94 Å². The van der Waals surface area contributed by atoms with E-state index in [1.165, 1.54) is 6.21 Å². The Balaban J connectivity index is 2.11. The van der Waals surface area contributed by atoms with Gasteiger partial charge in [-0.2, -0.15) is 0 Å². The Bertz CT molecular complexity index is 647. The van der Waals surface area contributed by atoms with E-state index in [0.717, 1.165) is 20.4 Å². The van der Waals surface area contributed by atoms with Gasteiger partial charge in [0.05, 0.1) is 9.78 Å². The van der Waals surface area contributed by atoms with E-state index >= 15 is 0 Å². The van der Waals surface area contributed by atoms with Gasteiger partial charge in [0, 0.05) is 15.6 Å². The van der Waals surface area contributed by atoms with Crippen LogP contribution in [-0.2, 0) is 6.61 Å². The van der Waals surface area contributed by atoms with Crippen molar-refractivity contribution < 1.29 is 9.94 Å². The zero-order chi connectivity index (χ0) is 14.5. The lowest BCUT2D eigenvalue weighted by Crippen LogP contribution is -1.98. The molecule has 6 heteroatoms. The molecule has 0 saturated carbocycles. The number of halogens is 3. The number of oxime groups is 1. The van der Waals surface area contributed by atoms with Gasteiger partial charge in [-0.25, -0.2) is 0 Å². The highest BCUT2D eigenvalue weighted by atomic mass is 127. The van der Waals surface area contributed by atoms with Crippen LogP contribution >= 0.6 is 45.8 Å². The van der Waals surface area contributed by atoms with Crippen molar-refractivity contribution in [1.82, 2.24) is 0 Å². The monoisotopic (exact) mass is 421 g/mol. The third-order valence-electron chi connectivity index (χ3n) is 2.56. The summed E-state index contributed by atoms with van der Waals surface area (Å²) in [7, 11) is 0. The van der Waals surface area contributed by atoms with E-state index in [-0.39, 0.29) is 0 Å². The highest BCUT2D eigenvalue weighted by molar-refractivity contribution is 14.1. The Morgan fingerprint density at radius 2 is 2.00 bits per heavy atom. The summed E-state index contributed by atoms with van der Waals surface area (Å²) in [6.45, 7) is 0.361. The molecular formula is C14H10Cl2INO2. The number of hydrogen-bond acceptors (Lipinski definition) is 3. The summed E-state index contributed by atoms with van der Waals surface area (Å²) in [6, 6.07) is 10.8. The number of nitrogens with zero attached hydrogens (tertiary/aromatic N) is 1. The van der Waals surface area contributed by atoms with E-state index in [2.05, 4.69) is 27.7 Å². The molecule has 2 aromatic rings. The Kier molecular flexibility index (Phi) is 5.51. The molecule has 0 radical (unpaired) electrons. The van der Waals surface area contributed by atoms with Gasteiger partial charge in [0.15, 0.2) is 0 Å². The molecule has 0 saturated heterocycles. The zero-order valence-corrected chi connectivity index (χ0v) is 13.9. The van der Waals surface area contributed by atoms with Crippen LogP contribution in [0.5, 0.6) is 5.75 Å². The molecule has 0 aromatic heterocycles. The molecule has 20 heavy (non-hydrogen) atoms. The first-order valence-electron chi connectivity index (χ1n) is 5.64. The van der Waals surface area contributed by atoms with Gasteiger partial charge in [-0.15, -0.1) is 0 Å². The standard InChI is InChI=1S/C14H10Cl2INO2/c15-11-3-2-10(12(16)6-11)8-20-14-4-1-9(7-18-19)5-13(14)17/h1-7,19H,8H2/b18-7-. The largest absolute Gasteiger partial charge is 0.488 e. The van der Waals surface area contributed by atoms with Crippen LogP contribution in [-0.4, -0.2) is 11.4 Å². The first-order valence-corrected chi connectivity index (χ1v) is 7.47. The number of hydrogen-bond donors (Lipinski definition) is 1. The number of benzene rings is 2. The molecule has 0 amide bonds. The van der Waals surface area contributed by atoms with Crippen molar-refractivity contribution in [2.45, 2.75) is 6.61 Å². The molecule has 2 aromatic carbocycles. The molecule has 0 aliphatic rings. The average Bonchev–Trinajstić information content (AvgIpc) is 2.40. The maximum Gasteiger partial charge on any atom is 0.133 e. The van der Waals surface area contributed by atoms with Crippen LogP contribution in [0.15, 0.2) is 41.6 Å². The van der Waals surface area contributed by atoms with Crippen LogP contribution in [0.4, 0.5) is 0 Å². The van der Waals surface area contributed by atoms with Gasteiger partial charge in [-0.1, -0.05) is 34.4 Å². The minimum absolute atomic E-state index is 0.361. The van der Waals surface area contributed by atoms with E-state index in [4.69, 9.17) is 33.1 Å². The molecule has 3 nitrogen and oxygen atoms in total. The molecule has 0 atom stereocenters. The first-order chi connectivity index (χ1) is 9.60. The molecule has 0 aliphatic carbocycles. The van der Waals surface area contributed by atoms with Crippen molar-refractivity contribution in [1.29, 1.82) is 0 Å². The minimum atomic E-state index is 0.361. The minimum Gasteiger partial charge on any atom is -0.488 e. The van der Waals surface area contributed by atoms with Gasteiger partial charge in [-0.05, 0) is 58.5 Å². The third kappa shape index (κ3) is 4.01. The maximum atomic E-state index is 8.50. The fourth-order valence-corrected chi connectivity index (χ4v) is 2.73. The summed E-state index contributed by atoms with van der Waals surface area (Å²) in [6.07, 6.45) is 1.36. The Morgan fingerprint density at radius 1 is 1.20 bits per heavy atom. The summed E-state index contributed by atoms with van der Waals surface area (Å²) < 4.78 is 6.66. The summed E-state index contributed by atoms with van der Waals surface area (Å²) in [5, 5.41) is 12.7. The van der Waals surface area contributed by atoms with E-state index in [0.29, 0.717) is 16.7 Å². The highest BCUT2D eigenvalue weighted by Crippen LogP contribution is 2.25. The van der Waals surface area contributed by atoms with E-state index in [9.17, 15) is 0 Å². The highest BCUT2D eigenvalue weighted by Gasteiger charge is 2.05. The third-order valence-corrected chi connectivity index (χ3v) is 3.99. The van der Waals surface area contributed by atoms with Crippen molar-refractivity contribution in [3.63, 3.8) is 0 Å². The van der Waals surface area contributed by atoms with Crippen LogP contribution in [0.3, 0.4) is 0 Å². The molecule has 0 heterocycles. The van der Waals surface area contributed by atoms with Crippen LogP contribution in [0.25, 0.3) is 0 Å². The van der Waals surface area contributed by atoms with Gasteiger partial charge >= 0.3 is 0 Å². The summed E-state index contributed by atoms with van der Waals surface area (Å²) in [5.41, 5.74) is 1.67.